The minimum atomic E-state index is -3.73. The van der Waals surface area contributed by atoms with Gasteiger partial charge in [-0.2, -0.15) is 0 Å². The second-order valence-electron chi connectivity index (χ2n) is 6.79. The molecule has 0 aromatic heterocycles. The molecule has 0 saturated heterocycles. The molecule has 0 spiro atoms. The van der Waals surface area contributed by atoms with Gasteiger partial charge in [-0.1, -0.05) is 13.8 Å². The Kier molecular flexibility index (Phi) is 9.81. The first-order chi connectivity index (χ1) is 10.2. The summed E-state index contributed by atoms with van der Waals surface area (Å²) >= 11 is 0. The van der Waals surface area contributed by atoms with Gasteiger partial charge in [-0.3, -0.25) is 24.0 Å². The quantitative estimate of drug-likeness (QED) is 0.376. The Labute approximate surface area is 145 Å². The van der Waals surface area contributed by atoms with E-state index in [0.29, 0.717) is 17.9 Å². The van der Waals surface area contributed by atoms with E-state index in [9.17, 15) is 22.8 Å². The van der Waals surface area contributed by atoms with E-state index >= 15 is 0 Å². The van der Waals surface area contributed by atoms with E-state index in [1.807, 2.05) is 13.8 Å². The van der Waals surface area contributed by atoms with Crippen molar-refractivity contribution in [3.8, 4) is 0 Å². The zero-order valence-corrected chi connectivity index (χ0v) is 17.6. The van der Waals surface area contributed by atoms with Crippen LogP contribution in [0.15, 0.2) is 0 Å². The van der Waals surface area contributed by atoms with Gasteiger partial charge in [0.05, 0.1) is 5.16 Å². The lowest BCUT2D eigenvalue weighted by Crippen LogP contribution is -2.28. The van der Waals surface area contributed by atoms with E-state index in [4.69, 9.17) is 11.0 Å². The van der Waals surface area contributed by atoms with Crippen LogP contribution in [0.5, 0.6) is 0 Å². The smallest absolute Gasteiger partial charge is 0.270 e. The predicted molar refractivity (Wildman–Crippen MR) is 100 cm³/mol. The van der Waals surface area contributed by atoms with Crippen LogP contribution in [0.25, 0.3) is 0 Å². The van der Waals surface area contributed by atoms with Crippen molar-refractivity contribution in [1.82, 2.24) is 0 Å². The van der Waals surface area contributed by atoms with Gasteiger partial charge in [-0.15, -0.1) is 0 Å². The van der Waals surface area contributed by atoms with Crippen molar-refractivity contribution < 1.29 is 22.8 Å². The fourth-order valence-corrected chi connectivity index (χ4v) is 5.84. The third kappa shape index (κ3) is 9.17. The maximum Gasteiger partial charge on any atom is 0.270 e. The molecule has 11 heteroatoms. The summed E-state index contributed by atoms with van der Waals surface area (Å²) in [4.78, 5) is 18.9. The molecule has 140 valence electrons. The van der Waals surface area contributed by atoms with Crippen LogP contribution >= 0.6 is 15.8 Å². The van der Waals surface area contributed by atoms with Gasteiger partial charge in [0.25, 0.3) is 7.52 Å². The van der Waals surface area contributed by atoms with Crippen LogP contribution in [0.3, 0.4) is 0 Å². The van der Waals surface area contributed by atoms with Crippen LogP contribution < -0.4 is 11.0 Å². The van der Waals surface area contributed by atoms with E-state index in [2.05, 4.69) is 0 Å². The van der Waals surface area contributed by atoms with Crippen molar-refractivity contribution in [2.75, 3.05) is 23.0 Å². The van der Waals surface area contributed by atoms with Gasteiger partial charge < -0.3 is 9.79 Å². The molecule has 0 aromatic rings. The molecular weight excluding hydrogens is 378 g/mol. The summed E-state index contributed by atoms with van der Waals surface area (Å²) in [5.41, 5.74) is 10.8. The Morgan fingerprint density at radius 3 is 1.74 bits per heavy atom. The molecule has 7 nitrogen and oxygen atoms in total. The molecule has 0 radical (unpaired) electrons. The van der Waals surface area contributed by atoms with Gasteiger partial charge in [0.2, 0.25) is 0 Å². The summed E-state index contributed by atoms with van der Waals surface area (Å²) in [6.07, 6.45) is 0.810. The van der Waals surface area contributed by atoms with Crippen LogP contribution in [0.2, 0.25) is 0 Å². The molecule has 0 aliphatic rings. The van der Waals surface area contributed by atoms with Crippen molar-refractivity contribution in [2.45, 2.75) is 50.8 Å². The molecule has 6 N–H and O–H groups in total. The molecule has 4 atom stereocenters. The van der Waals surface area contributed by atoms with Gasteiger partial charge in [0, 0.05) is 49.8 Å². The second kappa shape index (κ2) is 9.48. The number of hydrogen-bond acceptors (Lipinski definition) is 5. The maximum atomic E-state index is 11.9. The third-order valence-electron chi connectivity index (χ3n) is 3.91. The molecule has 23 heavy (non-hydrogen) atoms. The minimum Gasteiger partial charge on any atom is -0.359 e. The molecule has 0 saturated carbocycles. The van der Waals surface area contributed by atoms with Gasteiger partial charge in [0.15, 0.2) is 0 Å². The first-order valence-corrected chi connectivity index (χ1v) is 13.3. The SMILES string of the molecule is CC(C)(CCS(=O)CCS(=O)CCC(C)(C)P(N)(=O)O)P(N)O. The van der Waals surface area contributed by atoms with Crippen LogP contribution in [0.1, 0.15) is 40.5 Å². The Morgan fingerprint density at radius 1 is 1.00 bits per heavy atom. The Balaban J connectivity index is 4.16. The predicted octanol–water partition coefficient (Wildman–Crippen LogP) is 1.23. The zero-order chi connectivity index (χ0) is 18.5. The summed E-state index contributed by atoms with van der Waals surface area (Å²) in [6, 6.07) is 0. The van der Waals surface area contributed by atoms with E-state index in [1.54, 1.807) is 13.8 Å². The highest BCUT2D eigenvalue weighted by molar-refractivity contribution is 7.88. The van der Waals surface area contributed by atoms with Crippen molar-refractivity contribution in [1.29, 1.82) is 0 Å². The lowest BCUT2D eigenvalue weighted by Gasteiger charge is -2.27. The number of rotatable bonds is 11. The van der Waals surface area contributed by atoms with Crippen LogP contribution in [0.4, 0.5) is 0 Å². The maximum absolute atomic E-state index is 11.9. The van der Waals surface area contributed by atoms with Crippen molar-refractivity contribution in [3.05, 3.63) is 0 Å². The van der Waals surface area contributed by atoms with E-state index < -0.39 is 47.7 Å². The van der Waals surface area contributed by atoms with Crippen molar-refractivity contribution in [2.24, 2.45) is 11.0 Å². The number of hydrogen-bond donors (Lipinski definition) is 4. The van der Waals surface area contributed by atoms with Gasteiger partial charge in [-0.05, 0) is 26.7 Å². The molecule has 4 unspecified atom stereocenters. The standard InChI is InChI=1S/C12H30N2O5P2S2/c1-11(2,20(13)15)5-7-22(18)9-10-23(19)8-6-12(3,4)21(14,16)17/h15H,5-10,13H2,1-4H3,(H3,14,16,17). The lowest BCUT2D eigenvalue weighted by molar-refractivity contribution is 0.434. The lowest BCUT2D eigenvalue weighted by atomic mass is 10.1. The molecule has 0 heterocycles. The Morgan fingerprint density at radius 2 is 1.39 bits per heavy atom. The Hall–Kier alpha value is 0.800. The van der Waals surface area contributed by atoms with E-state index in [-0.39, 0.29) is 17.9 Å². The number of nitrogens with two attached hydrogens (primary N) is 2. The molecule has 0 fully saturated rings. The molecule has 0 amide bonds. The molecule has 0 aromatic carbocycles. The van der Waals surface area contributed by atoms with Crippen molar-refractivity contribution in [3.63, 3.8) is 0 Å². The summed E-state index contributed by atoms with van der Waals surface area (Å²) in [6.45, 7) is 6.81. The van der Waals surface area contributed by atoms with Crippen LogP contribution in [-0.4, -0.2) is 51.5 Å². The highest BCUT2D eigenvalue weighted by atomic mass is 32.2. The fourth-order valence-electron chi connectivity index (χ4n) is 1.39. The largest absolute Gasteiger partial charge is 0.359 e. The first-order valence-electron chi connectivity index (χ1n) is 7.24. The molecule has 0 bridgehead atoms. The normalized spacial score (nSPS) is 19.8. The first kappa shape index (κ1) is 23.8. The van der Waals surface area contributed by atoms with Crippen LogP contribution in [-0.2, 0) is 26.2 Å². The fraction of sp³-hybridized carbons (Fsp3) is 1.00. The highest BCUT2D eigenvalue weighted by Crippen LogP contribution is 2.48. The molecule has 0 aliphatic heterocycles. The van der Waals surface area contributed by atoms with Gasteiger partial charge >= 0.3 is 0 Å². The van der Waals surface area contributed by atoms with Crippen molar-refractivity contribution >= 4 is 37.4 Å². The average molecular weight is 408 g/mol. The summed E-state index contributed by atoms with van der Waals surface area (Å²) in [5, 5.41) is -1.43. The average Bonchev–Trinajstić information content (AvgIpc) is 2.39. The van der Waals surface area contributed by atoms with E-state index in [1.165, 1.54) is 0 Å². The van der Waals surface area contributed by atoms with Crippen LogP contribution in [0, 0.1) is 0 Å². The van der Waals surface area contributed by atoms with Gasteiger partial charge in [0.1, 0.15) is 8.30 Å². The minimum absolute atomic E-state index is 0.252. The summed E-state index contributed by atoms with van der Waals surface area (Å²) < 4.78 is 35.4. The second-order valence-corrected chi connectivity index (χ2v) is 14.5. The third-order valence-corrected chi connectivity index (χ3v) is 10.2. The van der Waals surface area contributed by atoms with Gasteiger partial charge in [-0.25, -0.2) is 0 Å². The Bertz CT molecular complexity index is 480. The summed E-state index contributed by atoms with van der Waals surface area (Å²) in [5.74, 6) is 1.24. The monoisotopic (exact) mass is 408 g/mol. The topological polar surface area (TPSA) is 144 Å². The molecule has 0 rings (SSSR count). The molecule has 0 aliphatic carbocycles. The van der Waals surface area contributed by atoms with E-state index in [0.717, 1.165) is 0 Å². The molecular formula is C12H30N2O5P2S2. The zero-order valence-electron chi connectivity index (χ0n) is 14.2. The highest BCUT2D eigenvalue weighted by Gasteiger charge is 2.35. The summed E-state index contributed by atoms with van der Waals surface area (Å²) in [7, 11) is -7.64.